The second-order valence-corrected chi connectivity index (χ2v) is 21.1. The number of aliphatic hydroxyl groups excluding tert-OH is 2. The number of allylic oxidation sites excluding steroid dienone is 8. The quantitative estimate of drug-likeness (QED) is 0.127. The van der Waals surface area contributed by atoms with Gasteiger partial charge in [-0.2, -0.15) is 0 Å². The fourth-order valence-electron chi connectivity index (χ4n) is 15.0. The molecule has 5 unspecified atom stereocenters. The first-order chi connectivity index (χ1) is 30.4. The Morgan fingerprint density at radius 1 is 0.738 bits per heavy atom. The Balaban J connectivity index is 0.776. The average molecular weight is 909 g/mol. The van der Waals surface area contributed by atoms with Crippen LogP contribution in [0.25, 0.3) is 0 Å². The smallest absolute Gasteiger partial charge is 0.458 e. The minimum atomic E-state index is -2.16. The maximum absolute atomic E-state index is 17.4. The van der Waals surface area contributed by atoms with Crippen LogP contribution in [0.1, 0.15) is 105 Å². The normalized spacial score (nSPS) is 44.5. The first-order valence-corrected chi connectivity index (χ1v) is 23.0. The molecule has 0 aromatic heterocycles. The molecule has 6 saturated carbocycles. The predicted molar refractivity (Wildman–Crippen MR) is 224 cm³/mol. The van der Waals surface area contributed by atoms with Crippen molar-refractivity contribution < 1.29 is 77.3 Å². The zero-order valence-corrected chi connectivity index (χ0v) is 37.6. The molecule has 354 valence electrons. The van der Waals surface area contributed by atoms with E-state index < -0.39 is 131 Å². The molecule has 16 heteroatoms. The van der Waals surface area contributed by atoms with Gasteiger partial charge >= 0.3 is 18.1 Å². The van der Waals surface area contributed by atoms with Crippen LogP contribution in [0, 0.1) is 57.2 Å². The fourth-order valence-corrected chi connectivity index (χ4v) is 15.0. The molecule has 8 aliphatic rings. The Hall–Kier alpha value is -4.38. The lowest BCUT2D eigenvalue weighted by Crippen LogP contribution is -2.69. The first kappa shape index (κ1) is 47.1. The van der Waals surface area contributed by atoms with Crippen molar-refractivity contribution in [2.45, 2.75) is 134 Å². The molecule has 6 fully saturated rings. The summed E-state index contributed by atoms with van der Waals surface area (Å²) < 4.78 is 37.3. The monoisotopic (exact) mass is 908 g/mol. The highest BCUT2D eigenvalue weighted by Gasteiger charge is 2.76. The number of rotatable bonds is 11. The summed E-state index contributed by atoms with van der Waals surface area (Å²) >= 11 is 0. The van der Waals surface area contributed by atoms with Crippen molar-refractivity contribution in [3.63, 3.8) is 0 Å². The summed E-state index contributed by atoms with van der Waals surface area (Å²) in [6.45, 7) is 6.21. The van der Waals surface area contributed by atoms with Crippen LogP contribution in [-0.2, 0) is 47.7 Å². The third-order valence-electron chi connectivity index (χ3n) is 18.4. The summed E-state index contributed by atoms with van der Waals surface area (Å²) in [4.78, 5) is 89.0. The lowest BCUT2D eigenvalue weighted by Gasteiger charge is -2.62. The lowest BCUT2D eigenvalue weighted by atomic mass is 9.44. The fraction of sp³-hybridized carbons (Fsp3) is 0.694. The average Bonchev–Trinajstić information content (AvgIpc) is 3.63. The van der Waals surface area contributed by atoms with E-state index in [2.05, 4.69) is 0 Å². The molecule has 0 aromatic carbocycles. The van der Waals surface area contributed by atoms with E-state index >= 15 is 4.39 Å². The molecule has 0 aromatic rings. The van der Waals surface area contributed by atoms with E-state index in [0.717, 1.165) is 5.57 Å². The zero-order chi connectivity index (χ0) is 47.3. The number of ether oxygens (including phenoxy) is 4. The van der Waals surface area contributed by atoms with E-state index in [-0.39, 0.29) is 55.0 Å². The number of fused-ring (bicyclic) bond motifs is 10. The summed E-state index contributed by atoms with van der Waals surface area (Å²) in [7, 11) is 0. The van der Waals surface area contributed by atoms with E-state index in [0.29, 0.717) is 37.7 Å². The SMILES string of the molecule is C[C@H]1CC2C3CCC4=CC(=O)C=C[C@]4(C)[C@@]3(F)[C@@H](O)C[C@]2(C)[C@@]1(O)C(=O)COC(=O)OCOC(=O)CCC(=O)OCC(=O)[C@@]1(O)CCC2C3CCC4=CC(=O)C=C[C@]4(C)C3[C@@H](O)C[C@@]21C. The maximum Gasteiger partial charge on any atom is 0.511 e. The summed E-state index contributed by atoms with van der Waals surface area (Å²) in [5.74, 6) is -6.03. The van der Waals surface area contributed by atoms with Crippen molar-refractivity contribution in [3.8, 4) is 0 Å². The number of alkyl halides is 1. The number of esters is 2. The molecule has 0 heterocycles. The van der Waals surface area contributed by atoms with Gasteiger partial charge in [0, 0.05) is 33.5 Å². The highest BCUT2D eigenvalue weighted by atomic mass is 19.1. The Kier molecular flexibility index (Phi) is 11.7. The van der Waals surface area contributed by atoms with Crippen LogP contribution in [0.4, 0.5) is 9.18 Å². The third-order valence-corrected chi connectivity index (χ3v) is 18.4. The Labute approximate surface area is 376 Å². The largest absolute Gasteiger partial charge is 0.511 e. The summed E-state index contributed by atoms with van der Waals surface area (Å²) in [6, 6.07) is 0. The second-order valence-electron chi connectivity index (χ2n) is 21.1. The highest BCUT2D eigenvalue weighted by molar-refractivity contribution is 6.02. The van der Waals surface area contributed by atoms with Gasteiger partial charge in [0.25, 0.3) is 0 Å². The van der Waals surface area contributed by atoms with Crippen molar-refractivity contribution in [2.75, 3.05) is 20.0 Å². The molecule has 15 atom stereocenters. The van der Waals surface area contributed by atoms with Gasteiger partial charge in [0.05, 0.1) is 25.0 Å². The molecular formula is C49H61FO15. The van der Waals surface area contributed by atoms with Gasteiger partial charge in [-0.05, 0) is 113 Å². The molecule has 0 saturated heterocycles. The van der Waals surface area contributed by atoms with Crippen LogP contribution < -0.4 is 0 Å². The van der Waals surface area contributed by atoms with Crippen molar-refractivity contribution in [3.05, 3.63) is 47.6 Å². The van der Waals surface area contributed by atoms with Gasteiger partial charge in [-0.15, -0.1) is 0 Å². The third kappa shape index (κ3) is 6.88. The van der Waals surface area contributed by atoms with E-state index in [1.54, 1.807) is 32.9 Å². The molecule has 0 spiro atoms. The van der Waals surface area contributed by atoms with Crippen LogP contribution in [0.2, 0.25) is 0 Å². The minimum absolute atomic E-state index is 0.00997. The van der Waals surface area contributed by atoms with Crippen LogP contribution in [-0.4, -0.2) is 111 Å². The van der Waals surface area contributed by atoms with Crippen molar-refractivity contribution in [2.24, 2.45) is 57.2 Å². The van der Waals surface area contributed by atoms with E-state index in [4.69, 9.17) is 18.9 Å². The van der Waals surface area contributed by atoms with Crippen molar-refractivity contribution in [1.29, 1.82) is 0 Å². The van der Waals surface area contributed by atoms with Gasteiger partial charge in [-0.1, -0.05) is 51.0 Å². The molecule has 15 nitrogen and oxygen atoms in total. The number of carbonyl (C=O) groups is 7. The number of aliphatic hydroxyl groups is 4. The Morgan fingerprint density at radius 2 is 1.37 bits per heavy atom. The maximum atomic E-state index is 17.4. The van der Waals surface area contributed by atoms with Crippen molar-refractivity contribution >= 4 is 41.2 Å². The van der Waals surface area contributed by atoms with Gasteiger partial charge < -0.3 is 39.4 Å². The Bertz CT molecular complexity index is 2210. The van der Waals surface area contributed by atoms with Gasteiger partial charge in [-0.3, -0.25) is 28.8 Å². The topological polar surface area (TPSA) is 237 Å². The van der Waals surface area contributed by atoms with Crippen LogP contribution in [0.15, 0.2) is 47.6 Å². The lowest BCUT2D eigenvalue weighted by molar-refractivity contribution is -0.219. The first-order valence-electron chi connectivity index (χ1n) is 23.0. The van der Waals surface area contributed by atoms with E-state index in [9.17, 15) is 54.0 Å². The molecule has 8 aliphatic carbocycles. The van der Waals surface area contributed by atoms with Crippen LogP contribution in [0.3, 0.4) is 0 Å². The van der Waals surface area contributed by atoms with Crippen LogP contribution in [0.5, 0.6) is 0 Å². The molecular weight excluding hydrogens is 848 g/mol. The van der Waals surface area contributed by atoms with E-state index in [1.807, 2.05) is 19.9 Å². The minimum Gasteiger partial charge on any atom is -0.458 e. The number of halogens is 1. The van der Waals surface area contributed by atoms with Gasteiger partial charge in [-0.25, -0.2) is 9.18 Å². The molecule has 0 amide bonds. The molecule has 65 heavy (non-hydrogen) atoms. The second kappa shape index (κ2) is 16.2. The number of hydrogen-bond acceptors (Lipinski definition) is 15. The standard InChI is InChI=1S/C49H61FO15/c1-26-18-34-33-9-7-28-20-30(52)13-16-44(28,3)48(33,50)36(54)22-46(34,5)49(26,61)38(56)24-63-42(59)65-25-64-40(58)11-10-39(57)62-23-37(55)47(60)17-14-32-31-8-6-27-19-29(51)12-15-43(27,2)41(31)35(53)21-45(32,47)4/h12-13,15-16,19-20,26,31-36,41,53-54,60-61H,6-11,14,17-18,21-25H2,1-5H3/t26-,31?,32?,33?,34?,35-,36-,41?,43-,44-,45-,46-,47-,48-,49-/m0/s1. The van der Waals surface area contributed by atoms with E-state index in [1.165, 1.54) is 18.2 Å². The molecule has 4 N–H and O–H groups in total. The zero-order valence-electron chi connectivity index (χ0n) is 37.6. The summed E-state index contributed by atoms with van der Waals surface area (Å²) in [5.41, 5.74) is -8.58. The summed E-state index contributed by atoms with van der Waals surface area (Å²) in [5, 5.41) is 47.2. The van der Waals surface area contributed by atoms with Gasteiger partial charge in [0.1, 0.15) is 11.2 Å². The number of Topliss-reactive ketones (excluding diaryl/α,β-unsaturated/α-hetero) is 2. The number of carbonyl (C=O) groups excluding carboxylic acids is 7. The molecule has 0 bridgehead atoms. The number of ketones is 4. The Morgan fingerprint density at radius 3 is 2.08 bits per heavy atom. The summed E-state index contributed by atoms with van der Waals surface area (Å²) in [6.07, 6.45) is 7.39. The number of hydrogen-bond donors (Lipinski definition) is 4. The van der Waals surface area contributed by atoms with Crippen molar-refractivity contribution in [1.82, 2.24) is 0 Å². The molecule has 0 radical (unpaired) electrons. The molecule has 0 aliphatic heterocycles. The highest BCUT2D eigenvalue weighted by Crippen LogP contribution is 2.71. The molecule has 8 rings (SSSR count). The van der Waals surface area contributed by atoms with Gasteiger partial charge in [0.2, 0.25) is 18.4 Å². The van der Waals surface area contributed by atoms with Gasteiger partial charge in [0.15, 0.2) is 30.4 Å². The predicted octanol–water partition coefficient (Wildman–Crippen LogP) is 4.46. The van der Waals surface area contributed by atoms with Crippen LogP contribution >= 0.6 is 0 Å².